The maximum absolute atomic E-state index is 14.4. The summed E-state index contributed by atoms with van der Waals surface area (Å²) in [6, 6.07) is 12.3. The molecule has 2 aromatic carbocycles. The number of alkyl halides is 2. The van der Waals surface area contributed by atoms with E-state index >= 15 is 0 Å². The predicted octanol–water partition coefficient (Wildman–Crippen LogP) is 5.09. The smallest absolute Gasteiger partial charge is 0.407 e. The number of aromatic nitrogens is 2. The van der Waals surface area contributed by atoms with E-state index in [9.17, 15) is 28.0 Å². The fraction of sp³-hybridized carbons (Fsp3) is 0.474. The van der Waals surface area contributed by atoms with Crippen LogP contribution in [0.5, 0.6) is 5.88 Å². The summed E-state index contributed by atoms with van der Waals surface area (Å²) in [5.74, 6) is -5.65. The van der Waals surface area contributed by atoms with Crippen LogP contribution in [0, 0.1) is 5.92 Å². The van der Waals surface area contributed by atoms with Crippen molar-refractivity contribution in [2.24, 2.45) is 5.92 Å². The molecule has 54 heavy (non-hydrogen) atoms. The Morgan fingerprint density at radius 3 is 2.61 bits per heavy atom. The fourth-order valence-electron chi connectivity index (χ4n) is 6.84. The third kappa shape index (κ3) is 8.97. The summed E-state index contributed by atoms with van der Waals surface area (Å²) in [4.78, 5) is 65.6. The number of nitrogens with one attached hydrogen (secondary N) is 2. The van der Waals surface area contributed by atoms with E-state index in [1.54, 1.807) is 13.0 Å². The molecule has 16 heteroatoms. The van der Waals surface area contributed by atoms with Gasteiger partial charge in [-0.2, -0.15) is 0 Å². The average Bonchev–Trinajstić information content (AvgIpc) is 3.69. The molecule has 3 N–H and O–H groups in total. The fourth-order valence-corrected chi connectivity index (χ4v) is 7.24. The number of carbonyl (C=O) groups excluding carboxylic acids is 4. The van der Waals surface area contributed by atoms with Gasteiger partial charge in [-0.3, -0.25) is 9.59 Å². The number of para-hydroxylation sites is 2. The summed E-state index contributed by atoms with van der Waals surface area (Å²) in [6.07, 6.45) is 4.82. The van der Waals surface area contributed by atoms with Gasteiger partial charge < -0.3 is 34.9 Å². The Kier molecular flexibility index (Phi) is 12.1. The van der Waals surface area contributed by atoms with Crippen LogP contribution in [-0.4, -0.2) is 99.9 Å². The molecule has 5 unspecified atom stereocenters. The number of nitrogens with zero attached hydrogens (tertiary/aromatic N) is 3. The number of halogens is 3. The van der Waals surface area contributed by atoms with E-state index in [0.29, 0.717) is 48.0 Å². The summed E-state index contributed by atoms with van der Waals surface area (Å²) in [5, 5.41) is 14.2. The van der Waals surface area contributed by atoms with Crippen LogP contribution in [0.25, 0.3) is 22.3 Å². The minimum Gasteiger partial charge on any atom is -0.471 e. The molecule has 0 bridgehead atoms. The Labute approximate surface area is 319 Å². The van der Waals surface area contributed by atoms with Gasteiger partial charge >= 0.3 is 18.0 Å². The van der Waals surface area contributed by atoms with Crippen LogP contribution in [0.1, 0.15) is 51.9 Å². The molecule has 2 aliphatic heterocycles. The highest BCUT2D eigenvalue weighted by molar-refractivity contribution is 9.10. The van der Waals surface area contributed by atoms with Crippen molar-refractivity contribution in [2.45, 2.75) is 81.5 Å². The Balaban J connectivity index is 1.33. The predicted molar refractivity (Wildman–Crippen MR) is 195 cm³/mol. The van der Waals surface area contributed by atoms with Gasteiger partial charge in [-0.05, 0) is 56.9 Å². The Morgan fingerprint density at radius 1 is 1.09 bits per heavy atom. The highest BCUT2D eigenvalue weighted by Gasteiger charge is 2.62. The van der Waals surface area contributed by atoms with E-state index < -0.39 is 66.7 Å². The molecule has 1 aromatic heterocycles. The molecule has 1 saturated carbocycles. The molecule has 288 valence electrons. The van der Waals surface area contributed by atoms with Crippen molar-refractivity contribution in [3.05, 3.63) is 65.2 Å². The second kappa shape index (κ2) is 16.8. The first-order valence-electron chi connectivity index (χ1n) is 18.0. The van der Waals surface area contributed by atoms with Gasteiger partial charge in [0.2, 0.25) is 17.7 Å². The number of rotatable bonds is 9. The lowest BCUT2D eigenvalue weighted by molar-refractivity contribution is -0.150. The number of benzene rings is 2. The standard InChI is InChI=1S/C38H42BrF2N5O8/c1-2-52-35(50)38-19-24(38)12-6-4-3-5-7-16-29(44-36(51)53-22-37(40,41)21-47)34(49)46-20-26(18-30(46)32(48)45-38)54-33-31(23-11-10-13-25(39)17-23)42-27-14-8-9-15-28(27)43-33/h6,8-15,17,24,26,29-30,47H,2-5,7,16,18-22H2,1H3,(H,44,51)(H,45,48). The maximum Gasteiger partial charge on any atom is 0.407 e. The van der Waals surface area contributed by atoms with E-state index in [2.05, 4.69) is 31.3 Å². The van der Waals surface area contributed by atoms with Gasteiger partial charge in [0.1, 0.15) is 36.0 Å². The number of allylic oxidation sites excluding steroid dienone is 1. The van der Waals surface area contributed by atoms with Crippen LogP contribution >= 0.6 is 15.9 Å². The van der Waals surface area contributed by atoms with Crippen LogP contribution in [0.15, 0.2) is 65.2 Å². The first kappa shape index (κ1) is 39.0. The molecule has 0 radical (unpaired) electrons. The van der Waals surface area contributed by atoms with Gasteiger partial charge in [0.25, 0.3) is 0 Å². The van der Waals surface area contributed by atoms with Gasteiger partial charge in [-0.1, -0.05) is 65.2 Å². The molecule has 3 heterocycles. The van der Waals surface area contributed by atoms with Crippen molar-refractivity contribution in [1.29, 1.82) is 0 Å². The largest absolute Gasteiger partial charge is 0.471 e. The number of ether oxygens (including phenoxy) is 3. The number of alkyl carbamates (subject to hydrolysis) is 1. The topological polar surface area (TPSA) is 169 Å². The number of fused-ring (bicyclic) bond motifs is 3. The molecule has 6 rings (SSSR count). The van der Waals surface area contributed by atoms with Crippen molar-refractivity contribution in [3.8, 4) is 17.1 Å². The quantitative estimate of drug-likeness (QED) is 0.196. The zero-order valence-corrected chi connectivity index (χ0v) is 31.2. The molecule has 3 aliphatic rings. The highest BCUT2D eigenvalue weighted by atomic mass is 79.9. The lowest BCUT2D eigenvalue weighted by atomic mass is 10.0. The molecule has 13 nitrogen and oxygen atoms in total. The molecular weight excluding hydrogens is 772 g/mol. The third-order valence-electron chi connectivity index (χ3n) is 9.73. The van der Waals surface area contributed by atoms with Gasteiger partial charge in [0.05, 0.1) is 24.2 Å². The molecule has 1 aliphatic carbocycles. The molecule has 5 atom stereocenters. The number of carbonyl (C=O) groups is 4. The SMILES string of the molecule is CCOC(=O)C12CC1C=CCCCCCC(NC(=O)OCC(F)(F)CO)C(=O)N1CC(Oc3nc4ccccc4nc3-c3cccc(Br)c3)CC1C(=O)N2. The van der Waals surface area contributed by atoms with Crippen LogP contribution in [-0.2, 0) is 23.9 Å². The summed E-state index contributed by atoms with van der Waals surface area (Å²) in [7, 11) is 0. The van der Waals surface area contributed by atoms with Gasteiger partial charge in [0, 0.05) is 22.4 Å². The molecule has 3 aromatic rings. The number of aliphatic hydroxyl groups excluding tert-OH is 1. The zero-order chi connectivity index (χ0) is 38.5. The molecule has 2 fully saturated rings. The van der Waals surface area contributed by atoms with Crippen molar-refractivity contribution in [3.63, 3.8) is 0 Å². The van der Waals surface area contributed by atoms with E-state index in [1.165, 1.54) is 4.90 Å². The van der Waals surface area contributed by atoms with Gasteiger partial charge in [0.15, 0.2) is 6.61 Å². The first-order valence-corrected chi connectivity index (χ1v) is 18.8. The number of aliphatic hydroxyl groups is 1. The molecule has 0 spiro atoms. The van der Waals surface area contributed by atoms with Crippen molar-refractivity contribution in [2.75, 3.05) is 26.4 Å². The average molecular weight is 815 g/mol. The number of amides is 3. The lowest BCUT2D eigenvalue weighted by Gasteiger charge is -2.29. The number of esters is 1. The van der Waals surface area contributed by atoms with Gasteiger partial charge in [-0.25, -0.2) is 28.3 Å². The monoisotopic (exact) mass is 813 g/mol. The van der Waals surface area contributed by atoms with Crippen molar-refractivity contribution < 1.29 is 47.3 Å². The van der Waals surface area contributed by atoms with Crippen molar-refractivity contribution in [1.82, 2.24) is 25.5 Å². The summed E-state index contributed by atoms with van der Waals surface area (Å²) >= 11 is 3.51. The van der Waals surface area contributed by atoms with Crippen LogP contribution in [0.3, 0.4) is 0 Å². The lowest BCUT2D eigenvalue weighted by Crippen LogP contribution is -2.56. The highest BCUT2D eigenvalue weighted by Crippen LogP contribution is 2.46. The van der Waals surface area contributed by atoms with E-state index in [-0.39, 0.29) is 37.8 Å². The normalized spacial score (nSPS) is 24.7. The van der Waals surface area contributed by atoms with E-state index in [4.69, 9.17) is 24.5 Å². The molecule has 1 saturated heterocycles. The minimum absolute atomic E-state index is 0.0106. The zero-order valence-electron chi connectivity index (χ0n) is 29.6. The molecular formula is C38H42BrF2N5O8. The Morgan fingerprint density at radius 2 is 1.87 bits per heavy atom. The third-order valence-corrected chi connectivity index (χ3v) is 10.2. The Bertz CT molecular complexity index is 1920. The van der Waals surface area contributed by atoms with E-state index in [0.717, 1.165) is 10.9 Å². The minimum atomic E-state index is -3.67. The summed E-state index contributed by atoms with van der Waals surface area (Å²) < 4.78 is 44.7. The van der Waals surface area contributed by atoms with Crippen LogP contribution in [0.4, 0.5) is 13.6 Å². The number of hydrogen-bond donors (Lipinski definition) is 3. The summed E-state index contributed by atoms with van der Waals surface area (Å²) in [6.45, 7) is -1.25. The maximum atomic E-state index is 14.4. The van der Waals surface area contributed by atoms with Gasteiger partial charge in [-0.15, -0.1) is 0 Å². The van der Waals surface area contributed by atoms with Crippen LogP contribution < -0.4 is 15.4 Å². The Hall–Kier alpha value is -4.70. The number of hydrogen-bond acceptors (Lipinski definition) is 10. The second-order valence-corrected chi connectivity index (χ2v) is 14.6. The van der Waals surface area contributed by atoms with Crippen molar-refractivity contribution >= 4 is 50.8 Å². The first-order chi connectivity index (χ1) is 25.9. The molecule has 3 amide bonds. The summed E-state index contributed by atoms with van der Waals surface area (Å²) in [5.41, 5.74) is 1.02. The van der Waals surface area contributed by atoms with E-state index in [1.807, 2.05) is 54.6 Å². The van der Waals surface area contributed by atoms with Crippen LogP contribution in [0.2, 0.25) is 0 Å². The second-order valence-electron chi connectivity index (χ2n) is 13.7.